The molecule has 1 amide bonds. The molecule has 1 saturated heterocycles. The molecule has 35 heavy (non-hydrogen) atoms. The number of thiophene rings is 1. The minimum atomic E-state index is -0.982. The quantitative estimate of drug-likeness (QED) is 0.298. The molecule has 5 rings (SSSR count). The summed E-state index contributed by atoms with van der Waals surface area (Å²) in [7, 11) is 0. The molecule has 1 N–H and O–H groups in total. The van der Waals surface area contributed by atoms with Crippen molar-refractivity contribution >= 4 is 57.6 Å². The van der Waals surface area contributed by atoms with Gasteiger partial charge in [0.05, 0.1) is 21.8 Å². The topological polar surface area (TPSA) is 70.0 Å². The molecule has 0 saturated carbocycles. The third kappa shape index (κ3) is 4.94. The first kappa shape index (κ1) is 22.8. The number of amidine groups is 1. The summed E-state index contributed by atoms with van der Waals surface area (Å²) in [5.41, 5.74) is 2.24. The molecule has 0 radical (unpaired) electrons. The number of carboxylic acid groups (broad SMARTS) is 1. The number of halogens is 1. The lowest BCUT2D eigenvalue weighted by atomic mass is 10.1. The Bertz CT molecular complexity index is 1480. The Morgan fingerprint density at radius 2 is 1.71 bits per heavy atom. The van der Waals surface area contributed by atoms with Gasteiger partial charge in [-0.15, -0.1) is 11.3 Å². The molecular formula is C27H17FN2O3S2. The third-order valence-corrected chi connectivity index (χ3v) is 7.22. The lowest BCUT2D eigenvalue weighted by Gasteiger charge is -2.15. The first-order valence-electron chi connectivity index (χ1n) is 10.5. The molecule has 0 spiro atoms. The number of hydrogen-bond donors (Lipinski definition) is 1. The fraction of sp³-hybridized carbons (Fsp3) is 0. The number of carbonyl (C=O) groups excluding carboxylic acids is 1. The number of hydrogen-bond acceptors (Lipinski definition) is 5. The van der Waals surface area contributed by atoms with Crippen LogP contribution in [0.5, 0.6) is 0 Å². The number of benzene rings is 3. The number of nitrogens with zero attached hydrogens (tertiary/aromatic N) is 2. The fourth-order valence-electron chi connectivity index (χ4n) is 3.50. The highest BCUT2D eigenvalue weighted by Gasteiger charge is 2.35. The minimum Gasteiger partial charge on any atom is -0.478 e. The van der Waals surface area contributed by atoms with Crippen LogP contribution in [0.1, 0.15) is 15.2 Å². The molecule has 0 unspecified atom stereocenters. The summed E-state index contributed by atoms with van der Waals surface area (Å²) in [6.45, 7) is 0. The largest absolute Gasteiger partial charge is 0.478 e. The standard InChI is InChI=1S/C27H17FN2O3S2/c28-19-9-11-21(12-10-19)30-25(31)24(35-27(30)29-20-7-2-1-3-8-20)16-22-13-14-23(34-22)17-5-4-6-18(15-17)26(32)33/h1-16H,(H,32,33)/b24-16-,29-27?. The molecule has 0 atom stereocenters. The van der Waals surface area contributed by atoms with E-state index < -0.39 is 5.97 Å². The summed E-state index contributed by atoms with van der Waals surface area (Å²) in [6.07, 6.45) is 1.80. The second kappa shape index (κ2) is 9.69. The van der Waals surface area contributed by atoms with Crippen molar-refractivity contribution in [2.75, 3.05) is 4.90 Å². The highest BCUT2D eigenvalue weighted by atomic mass is 32.2. The average molecular weight is 501 g/mol. The zero-order chi connectivity index (χ0) is 24.4. The van der Waals surface area contributed by atoms with E-state index in [-0.39, 0.29) is 17.3 Å². The molecule has 172 valence electrons. The molecule has 0 aliphatic carbocycles. The molecule has 1 aromatic heterocycles. The van der Waals surface area contributed by atoms with E-state index in [1.807, 2.05) is 48.5 Å². The van der Waals surface area contributed by atoms with Crippen molar-refractivity contribution in [3.05, 3.63) is 112 Å². The van der Waals surface area contributed by atoms with Gasteiger partial charge in [-0.25, -0.2) is 14.2 Å². The molecule has 1 fully saturated rings. The molecule has 8 heteroatoms. The van der Waals surface area contributed by atoms with Gasteiger partial charge in [-0.1, -0.05) is 30.3 Å². The number of para-hydroxylation sites is 1. The Balaban J connectivity index is 1.49. The first-order chi connectivity index (χ1) is 17.0. The Kier molecular flexibility index (Phi) is 6.31. The molecule has 5 nitrogen and oxygen atoms in total. The van der Waals surface area contributed by atoms with Crippen LogP contribution in [0.3, 0.4) is 0 Å². The first-order valence-corrected chi connectivity index (χ1v) is 12.2. The van der Waals surface area contributed by atoms with E-state index in [1.54, 1.807) is 36.4 Å². The predicted octanol–water partition coefficient (Wildman–Crippen LogP) is 7.06. The Morgan fingerprint density at radius 3 is 2.46 bits per heavy atom. The van der Waals surface area contributed by atoms with Crippen LogP contribution in [0.15, 0.2) is 101 Å². The van der Waals surface area contributed by atoms with Crippen LogP contribution in [0.4, 0.5) is 15.8 Å². The summed E-state index contributed by atoms with van der Waals surface area (Å²) in [4.78, 5) is 33.1. The maximum absolute atomic E-state index is 13.5. The number of rotatable bonds is 5. The van der Waals surface area contributed by atoms with Gasteiger partial charge in [0.1, 0.15) is 5.82 Å². The van der Waals surface area contributed by atoms with E-state index in [1.165, 1.54) is 40.1 Å². The van der Waals surface area contributed by atoms with Crippen LogP contribution in [-0.4, -0.2) is 22.2 Å². The lowest BCUT2D eigenvalue weighted by Crippen LogP contribution is -2.28. The number of carbonyl (C=O) groups is 2. The Hall–Kier alpha value is -4.01. The zero-order valence-electron chi connectivity index (χ0n) is 18.1. The summed E-state index contributed by atoms with van der Waals surface area (Å²) >= 11 is 2.71. The third-order valence-electron chi connectivity index (χ3n) is 5.17. The summed E-state index contributed by atoms with van der Waals surface area (Å²) < 4.78 is 13.5. The maximum atomic E-state index is 13.5. The Morgan fingerprint density at radius 1 is 0.943 bits per heavy atom. The van der Waals surface area contributed by atoms with Crippen molar-refractivity contribution in [3.8, 4) is 10.4 Å². The van der Waals surface area contributed by atoms with Gasteiger partial charge < -0.3 is 5.11 Å². The van der Waals surface area contributed by atoms with Gasteiger partial charge in [-0.3, -0.25) is 9.69 Å². The molecular weight excluding hydrogens is 483 g/mol. The Labute approximate surface area is 208 Å². The summed E-state index contributed by atoms with van der Waals surface area (Å²) in [5.74, 6) is -1.62. The van der Waals surface area contributed by atoms with Crippen LogP contribution in [0.2, 0.25) is 0 Å². The summed E-state index contributed by atoms with van der Waals surface area (Å²) in [6, 6.07) is 25.6. The van der Waals surface area contributed by atoms with E-state index >= 15 is 0 Å². The summed E-state index contributed by atoms with van der Waals surface area (Å²) in [5, 5.41) is 9.74. The molecule has 1 aliphatic heterocycles. The molecule has 0 bridgehead atoms. The lowest BCUT2D eigenvalue weighted by molar-refractivity contribution is -0.113. The van der Waals surface area contributed by atoms with E-state index in [0.29, 0.717) is 21.4 Å². The van der Waals surface area contributed by atoms with Crippen LogP contribution in [0.25, 0.3) is 16.5 Å². The number of amides is 1. The van der Waals surface area contributed by atoms with Crippen molar-refractivity contribution in [2.24, 2.45) is 4.99 Å². The van der Waals surface area contributed by atoms with Crippen LogP contribution < -0.4 is 4.90 Å². The van der Waals surface area contributed by atoms with Crippen LogP contribution in [0, 0.1) is 5.82 Å². The molecule has 2 heterocycles. The normalized spacial score (nSPS) is 15.8. The maximum Gasteiger partial charge on any atom is 0.335 e. The fourth-order valence-corrected chi connectivity index (χ4v) is 5.51. The second-order valence-corrected chi connectivity index (χ2v) is 9.67. The van der Waals surface area contributed by atoms with Gasteiger partial charge in [-0.2, -0.15) is 0 Å². The van der Waals surface area contributed by atoms with Gasteiger partial charge in [0.2, 0.25) is 0 Å². The number of aliphatic imine (C=N–C) groups is 1. The van der Waals surface area contributed by atoms with Crippen molar-refractivity contribution in [1.29, 1.82) is 0 Å². The van der Waals surface area contributed by atoms with Crippen LogP contribution >= 0.6 is 23.1 Å². The molecule has 3 aromatic carbocycles. The van der Waals surface area contributed by atoms with Crippen molar-refractivity contribution in [3.63, 3.8) is 0 Å². The predicted molar refractivity (Wildman–Crippen MR) is 140 cm³/mol. The second-order valence-electron chi connectivity index (χ2n) is 7.55. The van der Waals surface area contributed by atoms with Gasteiger partial charge in [0, 0.05) is 9.75 Å². The number of aromatic carboxylic acids is 1. The smallest absolute Gasteiger partial charge is 0.335 e. The monoisotopic (exact) mass is 500 g/mol. The van der Waals surface area contributed by atoms with E-state index in [0.717, 1.165) is 15.3 Å². The van der Waals surface area contributed by atoms with E-state index in [4.69, 9.17) is 0 Å². The number of carboxylic acids is 1. The van der Waals surface area contributed by atoms with E-state index in [9.17, 15) is 19.1 Å². The van der Waals surface area contributed by atoms with Crippen LogP contribution in [-0.2, 0) is 4.79 Å². The molecule has 4 aromatic rings. The highest BCUT2D eigenvalue weighted by molar-refractivity contribution is 8.19. The van der Waals surface area contributed by atoms with Crippen molar-refractivity contribution in [2.45, 2.75) is 0 Å². The van der Waals surface area contributed by atoms with Crippen molar-refractivity contribution < 1.29 is 19.1 Å². The van der Waals surface area contributed by atoms with Gasteiger partial charge in [-0.05, 0) is 84.1 Å². The minimum absolute atomic E-state index is 0.217. The number of anilines is 1. The van der Waals surface area contributed by atoms with Gasteiger partial charge in [0.15, 0.2) is 5.17 Å². The van der Waals surface area contributed by atoms with Crippen molar-refractivity contribution in [1.82, 2.24) is 0 Å². The van der Waals surface area contributed by atoms with E-state index in [2.05, 4.69) is 4.99 Å². The highest BCUT2D eigenvalue weighted by Crippen LogP contribution is 2.39. The number of thioether (sulfide) groups is 1. The average Bonchev–Trinajstić information content (AvgIpc) is 3.45. The molecule has 1 aliphatic rings. The SMILES string of the molecule is O=C(O)c1cccc(-c2ccc(/C=C3\SC(=Nc4ccccc4)N(c4ccc(F)cc4)C3=O)s2)c1. The van der Waals surface area contributed by atoms with Gasteiger partial charge >= 0.3 is 5.97 Å². The van der Waals surface area contributed by atoms with Gasteiger partial charge in [0.25, 0.3) is 5.91 Å². The zero-order valence-corrected chi connectivity index (χ0v) is 19.7.